The Morgan fingerprint density at radius 1 is 0.392 bits per heavy atom. The molecule has 9 heteroatoms. The topological polar surface area (TPSA) is 127 Å². The highest BCUT2D eigenvalue weighted by Gasteiger charge is 2.19. The summed E-state index contributed by atoms with van der Waals surface area (Å²) in [5.41, 5.74) is 1.08. The van der Waals surface area contributed by atoms with Crippen molar-refractivity contribution < 1.29 is 29.5 Å². The average molecular weight is 700 g/mol. The van der Waals surface area contributed by atoms with Crippen LogP contribution in [0.5, 0.6) is 34.5 Å². The summed E-state index contributed by atoms with van der Waals surface area (Å²) in [6, 6.07) is 15.1. The van der Waals surface area contributed by atoms with Gasteiger partial charge >= 0.3 is 0 Å². The first-order chi connectivity index (χ1) is 24.9. The van der Waals surface area contributed by atoms with Gasteiger partial charge in [-0.05, 0) is 55.7 Å². The number of aromatic hydroxyl groups is 3. The Bertz CT molecular complexity index is 1430. The Morgan fingerprint density at radius 2 is 0.667 bits per heavy atom. The van der Waals surface area contributed by atoms with Crippen LogP contribution >= 0.6 is 0 Å². The monoisotopic (exact) mass is 699 g/mol. The fourth-order valence-corrected chi connectivity index (χ4v) is 5.80. The first-order valence-electron chi connectivity index (χ1n) is 19.1. The van der Waals surface area contributed by atoms with Crippen LogP contribution < -0.4 is 14.2 Å². The molecule has 4 aromatic rings. The van der Waals surface area contributed by atoms with E-state index in [4.69, 9.17) is 14.2 Å². The lowest BCUT2D eigenvalue weighted by Crippen LogP contribution is -2.02. The zero-order valence-electron chi connectivity index (χ0n) is 30.8. The van der Waals surface area contributed by atoms with E-state index in [1.807, 2.05) is 0 Å². The fourth-order valence-electron chi connectivity index (χ4n) is 5.80. The van der Waals surface area contributed by atoms with E-state index in [0.717, 1.165) is 38.5 Å². The molecule has 0 atom stereocenters. The molecular weight excluding hydrogens is 642 g/mol. The average Bonchev–Trinajstić information content (AvgIpc) is 3.12. The SMILES string of the molecule is CCCCCCCOc1ccc(-c2nc(-c3ccc(OCCCCCCC)cc3O)nc(-c3ccc(OCCCCCCC)cc3O)n2)c(O)c1. The van der Waals surface area contributed by atoms with Crippen LogP contribution in [0.2, 0.25) is 0 Å². The predicted octanol–water partition coefficient (Wildman–Crippen LogP) is 11.0. The number of hydrogen-bond acceptors (Lipinski definition) is 9. The van der Waals surface area contributed by atoms with Gasteiger partial charge in [-0.1, -0.05) is 97.8 Å². The molecule has 0 radical (unpaired) electrons. The van der Waals surface area contributed by atoms with Crippen molar-refractivity contribution in [3.8, 4) is 68.7 Å². The van der Waals surface area contributed by atoms with E-state index in [9.17, 15) is 15.3 Å². The third-order valence-electron chi connectivity index (χ3n) is 8.82. The molecule has 0 unspecified atom stereocenters. The van der Waals surface area contributed by atoms with E-state index in [-0.39, 0.29) is 34.7 Å². The minimum Gasteiger partial charge on any atom is -0.507 e. The van der Waals surface area contributed by atoms with E-state index in [2.05, 4.69) is 35.7 Å². The summed E-state index contributed by atoms with van der Waals surface area (Å²) in [5, 5.41) is 33.3. The van der Waals surface area contributed by atoms with Crippen molar-refractivity contribution in [2.45, 2.75) is 117 Å². The molecule has 276 valence electrons. The van der Waals surface area contributed by atoms with Crippen LogP contribution in [-0.2, 0) is 0 Å². The second-order valence-corrected chi connectivity index (χ2v) is 13.1. The molecule has 0 fully saturated rings. The molecular formula is C42H57N3O6. The normalized spacial score (nSPS) is 11.1. The molecule has 0 saturated heterocycles. The maximum Gasteiger partial charge on any atom is 0.167 e. The summed E-state index contributed by atoms with van der Waals surface area (Å²) in [4.78, 5) is 14.0. The van der Waals surface area contributed by atoms with Crippen LogP contribution in [0.1, 0.15) is 117 Å². The molecule has 1 aromatic heterocycles. The Morgan fingerprint density at radius 3 is 0.922 bits per heavy atom. The van der Waals surface area contributed by atoms with Crippen molar-refractivity contribution >= 4 is 0 Å². The van der Waals surface area contributed by atoms with Crippen LogP contribution in [0.25, 0.3) is 34.2 Å². The van der Waals surface area contributed by atoms with E-state index in [1.165, 1.54) is 57.8 Å². The summed E-state index contributed by atoms with van der Waals surface area (Å²) in [6.07, 6.45) is 16.9. The molecule has 4 rings (SSSR count). The van der Waals surface area contributed by atoms with Crippen molar-refractivity contribution in [1.82, 2.24) is 15.0 Å². The second kappa shape index (κ2) is 21.6. The number of nitrogens with zero attached hydrogens (tertiary/aromatic N) is 3. The van der Waals surface area contributed by atoms with Gasteiger partial charge in [-0.3, -0.25) is 0 Å². The van der Waals surface area contributed by atoms with Crippen LogP contribution in [-0.4, -0.2) is 50.1 Å². The number of ether oxygens (including phenoxy) is 3. The molecule has 0 aliphatic carbocycles. The molecule has 0 aliphatic heterocycles. The Labute approximate surface area is 304 Å². The lowest BCUT2D eigenvalue weighted by molar-refractivity contribution is 0.303. The van der Waals surface area contributed by atoms with E-state index >= 15 is 0 Å². The van der Waals surface area contributed by atoms with Gasteiger partial charge in [0.15, 0.2) is 17.5 Å². The standard InChI is InChI=1S/C42H57N3O6/c1-4-7-10-13-16-25-49-31-19-22-34(37(46)28-31)40-43-41(35-23-20-32(29-38(35)47)50-26-17-14-11-8-5-2)45-42(44-40)36-24-21-33(30-39(36)48)51-27-18-15-12-9-6-3/h19-24,28-30,46-48H,4-18,25-27H2,1-3H3. The Balaban J connectivity index is 1.59. The minimum atomic E-state index is -0.0552. The van der Waals surface area contributed by atoms with Crippen molar-refractivity contribution in [3.05, 3.63) is 54.6 Å². The first-order valence-corrected chi connectivity index (χ1v) is 19.1. The zero-order valence-corrected chi connectivity index (χ0v) is 30.8. The van der Waals surface area contributed by atoms with Crippen LogP contribution in [0.4, 0.5) is 0 Å². The van der Waals surface area contributed by atoms with E-state index in [0.29, 0.717) is 53.8 Å². The Hall–Kier alpha value is -4.53. The summed E-state index contributed by atoms with van der Waals surface area (Å²) < 4.78 is 17.7. The van der Waals surface area contributed by atoms with Crippen molar-refractivity contribution in [3.63, 3.8) is 0 Å². The van der Waals surface area contributed by atoms with E-state index < -0.39 is 0 Å². The van der Waals surface area contributed by atoms with Gasteiger partial charge in [0.25, 0.3) is 0 Å². The lowest BCUT2D eigenvalue weighted by Gasteiger charge is -2.13. The highest BCUT2D eigenvalue weighted by atomic mass is 16.5. The number of phenolic OH excluding ortho intramolecular Hbond substituents is 3. The number of hydrogen-bond donors (Lipinski definition) is 3. The number of phenols is 3. The van der Waals surface area contributed by atoms with Gasteiger partial charge in [0, 0.05) is 18.2 Å². The maximum absolute atomic E-state index is 11.1. The van der Waals surface area contributed by atoms with Gasteiger partial charge in [0.1, 0.15) is 34.5 Å². The molecule has 0 spiro atoms. The summed E-state index contributed by atoms with van der Waals surface area (Å²) in [6.45, 7) is 8.27. The molecule has 0 aliphatic rings. The van der Waals surface area contributed by atoms with Crippen molar-refractivity contribution in [2.24, 2.45) is 0 Å². The summed E-state index contributed by atoms with van der Waals surface area (Å²) in [5.74, 6) is 2.03. The largest absolute Gasteiger partial charge is 0.507 e. The van der Waals surface area contributed by atoms with Gasteiger partial charge in [-0.2, -0.15) is 0 Å². The van der Waals surface area contributed by atoms with Gasteiger partial charge in [-0.25, -0.2) is 15.0 Å². The highest BCUT2D eigenvalue weighted by molar-refractivity contribution is 5.74. The van der Waals surface area contributed by atoms with Crippen molar-refractivity contribution in [1.29, 1.82) is 0 Å². The molecule has 3 aromatic carbocycles. The number of rotatable bonds is 24. The second-order valence-electron chi connectivity index (χ2n) is 13.1. The molecule has 9 nitrogen and oxygen atoms in total. The Kier molecular flexibility index (Phi) is 16.7. The third-order valence-corrected chi connectivity index (χ3v) is 8.82. The predicted molar refractivity (Wildman–Crippen MR) is 204 cm³/mol. The van der Waals surface area contributed by atoms with E-state index in [1.54, 1.807) is 54.6 Å². The third kappa shape index (κ3) is 12.6. The smallest absolute Gasteiger partial charge is 0.167 e. The molecule has 0 bridgehead atoms. The number of benzene rings is 3. The minimum absolute atomic E-state index is 0.0552. The number of unbranched alkanes of at least 4 members (excludes halogenated alkanes) is 12. The fraction of sp³-hybridized carbons (Fsp3) is 0.500. The van der Waals surface area contributed by atoms with Crippen LogP contribution in [0, 0.1) is 0 Å². The summed E-state index contributed by atoms with van der Waals surface area (Å²) in [7, 11) is 0. The first kappa shape index (κ1) is 39.3. The molecule has 51 heavy (non-hydrogen) atoms. The molecule has 0 amide bonds. The van der Waals surface area contributed by atoms with Crippen LogP contribution in [0.3, 0.4) is 0 Å². The zero-order chi connectivity index (χ0) is 36.3. The number of aromatic nitrogens is 3. The van der Waals surface area contributed by atoms with Gasteiger partial charge in [0.05, 0.1) is 36.5 Å². The molecule has 0 saturated carbocycles. The molecule has 3 N–H and O–H groups in total. The van der Waals surface area contributed by atoms with Gasteiger partial charge in [-0.15, -0.1) is 0 Å². The van der Waals surface area contributed by atoms with Gasteiger partial charge in [0.2, 0.25) is 0 Å². The van der Waals surface area contributed by atoms with Gasteiger partial charge < -0.3 is 29.5 Å². The van der Waals surface area contributed by atoms with Crippen LogP contribution in [0.15, 0.2) is 54.6 Å². The maximum atomic E-state index is 11.1. The summed E-state index contributed by atoms with van der Waals surface area (Å²) >= 11 is 0. The van der Waals surface area contributed by atoms with Crippen molar-refractivity contribution in [2.75, 3.05) is 19.8 Å². The highest BCUT2D eigenvalue weighted by Crippen LogP contribution is 2.38. The quantitative estimate of drug-likeness (QED) is 0.0612. The molecule has 1 heterocycles. The lowest BCUT2D eigenvalue weighted by atomic mass is 10.1.